The smallest absolute Gasteiger partial charge is 0.0373 e. The third-order valence-corrected chi connectivity index (χ3v) is 9.74. The van der Waals surface area contributed by atoms with Crippen molar-refractivity contribution in [1.29, 1.82) is 0 Å². The average molecular weight is 610 g/mol. The molecule has 210 valence electrons. The average Bonchev–Trinajstić information content (AvgIpc) is 3.50. The molecule has 5 aliphatic carbocycles. The van der Waals surface area contributed by atoms with E-state index in [1.54, 1.807) is 49.1 Å². The third kappa shape index (κ3) is 6.46. The normalized spacial score (nSPS) is 26.9. The number of rotatable bonds is 1. The fraction of sp³-hybridized carbons (Fsp3) is 0.538. The quantitative estimate of drug-likeness (QED) is 0.241. The van der Waals surface area contributed by atoms with Crippen LogP contribution in [0.15, 0.2) is 60.2 Å². The molecule has 3 aromatic carbocycles. The van der Waals surface area contributed by atoms with Crippen LogP contribution in [0.3, 0.4) is 0 Å². The predicted molar refractivity (Wildman–Crippen MR) is 172 cm³/mol. The molecule has 0 amide bonds. The van der Waals surface area contributed by atoms with Gasteiger partial charge in [-0.15, -0.1) is 46.2 Å². The Kier molecular flexibility index (Phi) is 8.50. The van der Waals surface area contributed by atoms with Crippen molar-refractivity contribution in [2.24, 2.45) is 23.2 Å². The van der Waals surface area contributed by atoms with Crippen molar-refractivity contribution in [3.8, 4) is 0 Å². The summed E-state index contributed by atoms with van der Waals surface area (Å²) in [6.45, 7) is 17.9. The molecule has 4 saturated carbocycles. The van der Waals surface area contributed by atoms with E-state index in [-0.39, 0.29) is 10.8 Å². The van der Waals surface area contributed by atoms with Crippen LogP contribution in [-0.2, 0) is 35.1 Å². The van der Waals surface area contributed by atoms with Crippen LogP contribution in [-0.4, -0.2) is 3.21 Å². The molecule has 0 radical (unpaired) electrons. The van der Waals surface area contributed by atoms with Gasteiger partial charge in [0.05, 0.1) is 0 Å². The Balaban J connectivity index is 0.000000148. The van der Waals surface area contributed by atoms with E-state index < -0.39 is 0 Å². The summed E-state index contributed by atoms with van der Waals surface area (Å²) in [4.78, 5) is 0. The van der Waals surface area contributed by atoms with Gasteiger partial charge in [-0.2, -0.15) is 6.08 Å². The summed E-state index contributed by atoms with van der Waals surface area (Å²) in [7, 11) is 0. The van der Waals surface area contributed by atoms with E-state index in [9.17, 15) is 0 Å². The molecule has 3 aromatic rings. The predicted octanol–water partition coefficient (Wildman–Crippen LogP) is 10.9. The minimum atomic E-state index is 0.203. The van der Waals surface area contributed by atoms with E-state index in [2.05, 4.69) is 116 Å². The van der Waals surface area contributed by atoms with Crippen LogP contribution in [0.1, 0.15) is 111 Å². The minimum Gasteiger partial charge on any atom is -0.269 e. The van der Waals surface area contributed by atoms with E-state index in [4.69, 9.17) is 0 Å². The van der Waals surface area contributed by atoms with Crippen LogP contribution >= 0.6 is 0 Å². The van der Waals surface area contributed by atoms with Crippen LogP contribution in [0, 0.1) is 29.2 Å². The fourth-order valence-electron chi connectivity index (χ4n) is 8.16. The summed E-state index contributed by atoms with van der Waals surface area (Å²) < 4.78 is 1.51. The van der Waals surface area contributed by atoms with E-state index >= 15 is 0 Å². The minimum absolute atomic E-state index is 0.203. The van der Waals surface area contributed by atoms with E-state index in [0.717, 1.165) is 24.2 Å². The molecule has 0 saturated heterocycles. The maximum Gasteiger partial charge on any atom is -0.0373 e. The van der Waals surface area contributed by atoms with Gasteiger partial charge in [0, 0.05) is 0 Å². The van der Waals surface area contributed by atoms with Gasteiger partial charge in [0.25, 0.3) is 0 Å². The zero-order valence-corrected chi connectivity index (χ0v) is 28.8. The topological polar surface area (TPSA) is 0 Å². The van der Waals surface area contributed by atoms with Gasteiger partial charge in [-0.05, 0) is 72.5 Å². The maximum atomic E-state index is 3.62. The molecule has 40 heavy (non-hydrogen) atoms. The second-order valence-corrected chi connectivity index (χ2v) is 18.1. The van der Waals surface area contributed by atoms with Crippen molar-refractivity contribution >= 4 is 24.8 Å². The van der Waals surface area contributed by atoms with Gasteiger partial charge in [0.15, 0.2) is 0 Å². The molecular weight excluding hydrogens is 560 g/mol. The van der Waals surface area contributed by atoms with Gasteiger partial charge in [0.2, 0.25) is 0 Å². The van der Waals surface area contributed by atoms with Crippen LogP contribution in [0.2, 0.25) is 0 Å². The monoisotopic (exact) mass is 608 g/mol. The van der Waals surface area contributed by atoms with Crippen LogP contribution in [0.25, 0.3) is 21.5 Å². The van der Waals surface area contributed by atoms with Crippen LogP contribution in [0.5, 0.6) is 0 Å². The van der Waals surface area contributed by atoms with Crippen molar-refractivity contribution in [1.82, 2.24) is 0 Å². The second-order valence-electron chi connectivity index (χ2n) is 15.6. The first-order valence-electron chi connectivity index (χ1n) is 15.7. The summed E-state index contributed by atoms with van der Waals surface area (Å²) >= 11 is 1.55. The summed E-state index contributed by atoms with van der Waals surface area (Å²) in [5.74, 6) is 3.21. The van der Waals surface area contributed by atoms with Crippen molar-refractivity contribution in [2.75, 3.05) is 0 Å². The molecule has 5 aliphatic rings. The largest absolute Gasteiger partial charge is 0.269 e. The number of hydrogen-bond donors (Lipinski definition) is 0. The molecule has 0 aliphatic heterocycles. The van der Waals surface area contributed by atoms with E-state index in [0.29, 0.717) is 5.41 Å². The standard InChI is InChI=1S/C21H25.C15H19.C3H6.Zr/c1-20(2,3)16-7-9-18-14(12-16)11-15-13-17(21(4,5)6)8-10-19(15)18;1-2-4-14(3-1)15-8-11-5-12(9-15)7-13(6-11)10-15;1-3-2;/h7-13H,1-6H3;1,3,11-13H,2,5-10H2;1-2H3;/q2*-1;;+2. The van der Waals surface area contributed by atoms with E-state index in [1.165, 1.54) is 55.1 Å². The van der Waals surface area contributed by atoms with Gasteiger partial charge in [0.1, 0.15) is 0 Å². The summed E-state index contributed by atoms with van der Waals surface area (Å²) in [5.41, 5.74) is 5.41. The van der Waals surface area contributed by atoms with Gasteiger partial charge in [-0.25, -0.2) is 11.6 Å². The Hall–Kier alpha value is -1.46. The number of hydrogen-bond acceptors (Lipinski definition) is 0. The van der Waals surface area contributed by atoms with Gasteiger partial charge in [-0.1, -0.05) is 76.9 Å². The van der Waals surface area contributed by atoms with Gasteiger partial charge < -0.3 is 0 Å². The molecule has 0 aromatic heterocycles. The van der Waals surface area contributed by atoms with Gasteiger partial charge in [-0.3, -0.25) is 6.08 Å². The van der Waals surface area contributed by atoms with Crippen LogP contribution in [0.4, 0.5) is 0 Å². The number of fused-ring (bicyclic) bond motifs is 3. The molecule has 0 nitrogen and oxygen atoms in total. The zero-order chi connectivity index (χ0) is 28.9. The Morgan fingerprint density at radius 3 is 1.55 bits per heavy atom. The first-order chi connectivity index (χ1) is 18.7. The molecule has 1 heteroatoms. The summed E-state index contributed by atoms with van der Waals surface area (Å²) in [6.07, 6.45) is 18.5. The first-order valence-corrected chi connectivity index (χ1v) is 16.9. The molecule has 0 N–H and O–H groups in total. The molecule has 8 rings (SSSR count). The Morgan fingerprint density at radius 1 is 0.775 bits per heavy atom. The Labute approximate surface area is 259 Å². The van der Waals surface area contributed by atoms with E-state index in [1.807, 2.05) is 0 Å². The number of allylic oxidation sites excluding steroid dienone is 4. The van der Waals surface area contributed by atoms with Crippen molar-refractivity contribution in [3.63, 3.8) is 0 Å². The summed E-state index contributed by atoms with van der Waals surface area (Å²) in [6, 6.07) is 16.2. The molecular formula is C39H50Zr. The second kappa shape index (κ2) is 11.3. The molecule has 0 spiro atoms. The summed E-state index contributed by atoms with van der Waals surface area (Å²) in [5, 5.41) is 5.48. The van der Waals surface area contributed by atoms with Crippen LogP contribution < -0.4 is 0 Å². The SMILES string of the molecule is CC(C)(C)c1ccc2c(c1)[cH-]c1cc(C(C)(C)C)ccc12.C[C](C)=[Zr+2].[C-]1=C(C23CC4CC(CC(C4)C2)C3)C=CC1. The van der Waals surface area contributed by atoms with Crippen molar-refractivity contribution in [3.05, 3.63) is 77.4 Å². The molecule has 4 bridgehead atoms. The van der Waals surface area contributed by atoms with Crippen molar-refractivity contribution in [2.45, 2.75) is 111 Å². The molecule has 4 fully saturated rings. The Bertz CT molecular complexity index is 1330. The van der Waals surface area contributed by atoms with Gasteiger partial charge >= 0.3 is 41.3 Å². The van der Waals surface area contributed by atoms with Crippen molar-refractivity contribution < 1.29 is 24.2 Å². The Morgan fingerprint density at radius 2 is 1.20 bits per heavy atom. The zero-order valence-electron chi connectivity index (χ0n) is 26.4. The first kappa shape index (κ1) is 30.0. The molecule has 0 atom stereocenters. The third-order valence-electron chi connectivity index (χ3n) is 9.74. The number of benzene rings is 2. The maximum absolute atomic E-state index is 3.62. The molecule has 0 heterocycles. The fourth-order valence-corrected chi connectivity index (χ4v) is 8.16. The molecule has 0 unspecified atom stereocenters.